The number of rotatable bonds is 5. The van der Waals surface area contributed by atoms with Gasteiger partial charge in [-0.05, 0) is 51.3 Å². The lowest BCUT2D eigenvalue weighted by molar-refractivity contribution is -0.123. The van der Waals surface area contributed by atoms with Gasteiger partial charge in [-0.3, -0.25) is 4.79 Å². The molecule has 4 heteroatoms. The molecule has 0 aliphatic carbocycles. The van der Waals surface area contributed by atoms with Gasteiger partial charge in [-0.25, -0.2) is 0 Å². The highest BCUT2D eigenvalue weighted by Crippen LogP contribution is 2.26. The minimum Gasteiger partial charge on any atom is -0.371 e. The Morgan fingerprint density at radius 1 is 1.40 bits per heavy atom. The summed E-state index contributed by atoms with van der Waals surface area (Å²) < 4.78 is 0. The molecule has 1 aliphatic rings. The third-order valence-electron chi connectivity index (χ3n) is 4.43. The van der Waals surface area contributed by atoms with Crippen LogP contribution in [0.4, 0.5) is 5.69 Å². The van der Waals surface area contributed by atoms with E-state index >= 15 is 0 Å². The summed E-state index contributed by atoms with van der Waals surface area (Å²) in [6.45, 7) is 3.77. The molecule has 1 heterocycles. The van der Waals surface area contributed by atoms with E-state index in [0.29, 0.717) is 6.42 Å². The molecule has 0 bridgehead atoms. The molecule has 110 valence electrons. The third-order valence-corrected chi connectivity index (χ3v) is 4.43. The number of carbonyl (C=O) groups is 1. The maximum Gasteiger partial charge on any atom is 0.237 e. The van der Waals surface area contributed by atoms with E-state index in [0.717, 1.165) is 19.5 Å². The number of para-hydroxylation sites is 1. The smallest absolute Gasteiger partial charge is 0.237 e. The molecule has 3 N–H and O–H groups in total. The van der Waals surface area contributed by atoms with Crippen molar-refractivity contribution in [1.82, 2.24) is 5.32 Å². The van der Waals surface area contributed by atoms with Crippen LogP contribution in [0.2, 0.25) is 0 Å². The Hall–Kier alpha value is -1.55. The Balaban J connectivity index is 2.11. The molecule has 1 amide bonds. The Morgan fingerprint density at radius 2 is 2.15 bits per heavy atom. The van der Waals surface area contributed by atoms with Gasteiger partial charge in [0.1, 0.15) is 0 Å². The van der Waals surface area contributed by atoms with Gasteiger partial charge in [0, 0.05) is 18.8 Å². The molecule has 0 radical (unpaired) electrons. The van der Waals surface area contributed by atoms with Crippen LogP contribution in [0.25, 0.3) is 0 Å². The molecule has 1 aromatic rings. The molecule has 2 rings (SSSR count). The van der Waals surface area contributed by atoms with Crippen LogP contribution in [-0.4, -0.2) is 31.6 Å². The van der Waals surface area contributed by atoms with Crippen molar-refractivity contribution in [2.45, 2.75) is 38.1 Å². The lowest BCUT2D eigenvalue weighted by Gasteiger charge is -2.31. The Kier molecular flexibility index (Phi) is 4.65. The first-order valence-electron chi connectivity index (χ1n) is 7.38. The van der Waals surface area contributed by atoms with Gasteiger partial charge >= 0.3 is 0 Å². The molecule has 0 saturated carbocycles. The number of aryl methyl sites for hydroxylation is 1. The fraction of sp³-hybridized carbons (Fsp3) is 0.562. The summed E-state index contributed by atoms with van der Waals surface area (Å²) in [6.07, 6.45) is 4.28. The molecule has 1 unspecified atom stereocenters. The average Bonchev–Trinajstić information content (AvgIpc) is 2.67. The average molecular weight is 275 g/mol. The number of hydrogen-bond acceptors (Lipinski definition) is 3. The van der Waals surface area contributed by atoms with Crippen LogP contribution in [0.3, 0.4) is 0 Å². The van der Waals surface area contributed by atoms with Crippen molar-refractivity contribution in [3.8, 4) is 0 Å². The highest BCUT2D eigenvalue weighted by Gasteiger charge is 2.29. The van der Waals surface area contributed by atoms with Gasteiger partial charge in [0.25, 0.3) is 0 Å². The van der Waals surface area contributed by atoms with E-state index in [1.54, 1.807) is 7.05 Å². The van der Waals surface area contributed by atoms with Crippen molar-refractivity contribution in [2.24, 2.45) is 5.73 Å². The second-order valence-electron chi connectivity index (χ2n) is 5.77. The number of anilines is 1. The van der Waals surface area contributed by atoms with Gasteiger partial charge in [-0.15, -0.1) is 0 Å². The van der Waals surface area contributed by atoms with Crippen LogP contribution < -0.4 is 16.0 Å². The predicted octanol–water partition coefficient (Wildman–Crippen LogP) is 1.68. The van der Waals surface area contributed by atoms with E-state index < -0.39 is 5.54 Å². The quantitative estimate of drug-likeness (QED) is 0.859. The number of likely N-dealkylation sites (N-methyl/N-ethyl adjacent to an activating group) is 1. The Bertz CT molecular complexity index is 475. The molecule has 0 aromatic heterocycles. The maximum absolute atomic E-state index is 11.6. The molecule has 4 nitrogen and oxygen atoms in total. The standard InChI is InChI=1S/C16H25N3O/c1-16(18-2,15(17)20)10-12-19-11-6-5-8-13-7-3-4-9-14(13)19/h3-4,7,9,18H,5-6,8,10-12H2,1-2H3,(H2,17,20). The van der Waals surface area contributed by atoms with Gasteiger partial charge in [-0.1, -0.05) is 18.2 Å². The fourth-order valence-corrected chi connectivity index (χ4v) is 2.73. The second kappa shape index (κ2) is 6.27. The van der Waals surface area contributed by atoms with Crippen LogP contribution in [0.5, 0.6) is 0 Å². The molecule has 0 saturated heterocycles. The number of carbonyl (C=O) groups excluding carboxylic acids is 1. The monoisotopic (exact) mass is 275 g/mol. The molecule has 0 spiro atoms. The summed E-state index contributed by atoms with van der Waals surface area (Å²) in [5, 5.41) is 3.06. The molecule has 1 aromatic carbocycles. The van der Waals surface area contributed by atoms with Gasteiger partial charge in [0.05, 0.1) is 5.54 Å². The Labute approximate surface area is 121 Å². The van der Waals surface area contributed by atoms with Gasteiger partial charge in [0.2, 0.25) is 5.91 Å². The van der Waals surface area contributed by atoms with Crippen LogP contribution >= 0.6 is 0 Å². The zero-order valence-electron chi connectivity index (χ0n) is 12.5. The summed E-state index contributed by atoms with van der Waals surface area (Å²) >= 11 is 0. The van der Waals surface area contributed by atoms with Crippen molar-refractivity contribution < 1.29 is 4.79 Å². The summed E-state index contributed by atoms with van der Waals surface area (Å²) in [5.41, 5.74) is 7.59. The SMILES string of the molecule is CNC(C)(CCN1CCCCc2ccccc21)C(N)=O. The van der Waals surface area contributed by atoms with E-state index in [4.69, 9.17) is 5.73 Å². The molecule has 1 aliphatic heterocycles. The predicted molar refractivity (Wildman–Crippen MR) is 82.9 cm³/mol. The van der Waals surface area contributed by atoms with Gasteiger partial charge in [-0.2, -0.15) is 0 Å². The lowest BCUT2D eigenvalue weighted by Crippen LogP contribution is -2.53. The molecule has 0 fully saturated rings. The molecular formula is C16H25N3O. The summed E-state index contributed by atoms with van der Waals surface area (Å²) in [5.74, 6) is -0.289. The third kappa shape index (κ3) is 3.12. The summed E-state index contributed by atoms with van der Waals surface area (Å²) in [6, 6.07) is 8.58. The van der Waals surface area contributed by atoms with Crippen LogP contribution in [-0.2, 0) is 11.2 Å². The number of nitrogens with one attached hydrogen (secondary N) is 1. The normalized spacial score (nSPS) is 18.0. The second-order valence-corrected chi connectivity index (χ2v) is 5.77. The van der Waals surface area contributed by atoms with Crippen molar-refractivity contribution >= 4 is 11.6 Å². The summed E-state index contributed by atoms with van der Waals surface area (Å²) in [7, 11) is 1.79. The summed E-state index contributed by atoms with van der Waals surface area (Å²) in [4.78, 5) is 14.0. The van der Waals surface area contributed by atoms with Crippen molar-refractivity contribution in [3.63, 3.8) is 0 Å². The van der Waals surface area contributed by atoms with E-state index in [9.17, 15) is 4.79 Å². The largest absolute Gasteiger partial charge is 0.371 e. The number of amides is 1. The number of fused-ring (bicyclic) bond motifs is 1. The fourth-order valence-electron chi connectivity index (χ4n) is 2.73. The molecule has 20 heavy (non-hydrogen) atoms. The highest BCUT2D eigenvalue weighted by molar-refractivity contribution is 5.84. The number of nitrogens with zero attached hydrogens (tertiary/aromatic N) is 1. The lowest BCUT2D eigenvalue weighted by atomic mass is 9.96. The van der Waals surface area contributed by atoms with Gasteiger partial charge < -0.3 is 16.0 Å². The van der Waals surface area contributed by atoms with Crippen LogP contribution in [0.1, 0.15) is 31.7 Å². The number of benzene rings is 1. The zero-order chi connectivity index (χ0) is 14.6. The van der Waals surface area contributed by atoms with E-state index in [1.165, 1.54) is 24.1 Å². The first-order chi connectivity index (χ1) is 9.57. The van der Waals surface area contributed by atoms with E-state index in [-0.39, 0.29) is 5.91 Å². The van der Waals surface area contributed by atoms with E-state index in [2.05, 4.69) is 34.5 Å². The van der Waals surface area contributed by atoms with Crippen LogP contribution in [0.15, 0.2) is 24.3 Å². The first-order valence-corrected chi connectivity index (χ1v) is 7.38. The zero-order valence-corrected chi connectivity index (χ0v) is 12.5. The highest BCUT2D eigenvalue weighted by atomic mass is 16.1. The van der Waals surface area contributed by atoms with Crippen molar-refractivity contribution in [3.05, 3.63) is 29.8 Å². The number of hydrogen-bond donors (Lipinski definition) is 2. The molecule has 1 atom stereocenters. The van der Waals surface area contributed by atoms with Crippen LogP contribution in [0, 0.1) is 0 Å². The van der Waals surface area contributed by atoms with E-state index in [1.807, 2.05) is 6.92 Å². The first kappa shape index (κ1) is 14.9. The topological polar surface area (TPSA) is 58.4 Å². The van der Waals surface area contributed by atoms with Crippen molar-refractivity contribution in [2.75, 3.05) is 25.0 Å². The molecular weight excluding hydrogens is 250 g/mol. The number of nitrogens with two attached hydrogens (primary N) is 1. The van der Waals surface area contributed by atoms with Crippen molar-refractivity contribution in [1.29, 1.82) is 0 Å². The Morgan fingerprint density at radius 3 is 2.85 bits per heavy atom. The maximum atomic E-state index is 11.6. The minimum atomic E-state index is -0.638. The van der Waals surface area contributed by atoms with Gasteiger partial charge in [0.15, 0.2) is 0 Å². The minimum absolute atomic E-state index is 0.289. The number of primary amides is 1.